The lowest BCUT2D eigenvalue weighted by molar-refractivity contribution is -0.130. The number of hydrogen-bond acceptors (Lipinski definition) is 2. The molecule has 1 aliphatic carbocycles. The molecule has 0 aromatic rings. The SMILES string of the molecule is CCNC(=NCCCN1CCCCCC1=O)NCCC1=CCCCC1. The van der Waals surface area contributed by atoms with E-state index >= 15 is 0 Å². The van der Waals surface area contributed by atoms with Crippen molar-refractivity contribution >= 4 is 11.9 Å². The van der Waals surface area contributed by atoms with Crippen LogP contribution in [0.1, 0.15) is 71.1 Å². The Labute approximate surface area is 153 Å². The van der Waals surface area contributed by atoms with E-state index < -0.39 is 0 Å². The van der Waals surface area contributed by atoms with Gasteiger partial charge >= 0.3 is 0 Å². The fourth-order valence-corrected chi connectivity index (χ4v) is 3.54. The standard InChI is InChI=1S/C20H36N4O/c1-2-21-20(23-15-13-18-10-5-3-6-11-18)22-14-9-17-24-16-8-4-7-12-19(24)25/h10H,2-9,11-17H2,1H3,(H2,21,22,23). The van der Waals surface area contributed by atoms with E-state index in [0.29, 0.717) is 5.91 Å². The number of rotatable bonds is 8. The summed E-state index contributed by atoms with van der Waals surface area (Å²) in [6.07, 6.45) is 13.8. The predicted octanol–water partition coefficient (Wildman–Crippen LogP) is 3.22. The maximum absolute atomic E-state index is 12.0. The third kappa shape index (κ3) is 7.93. The number of likely N-dealkylation sites (tertiary alicyclic amines) is 1. The summed E-state index contributed by atoms with van der Waals surface area (Å²) >= 11 is 0. The summed E-state index contributed by atoms with van der Waals surface area (Å²) in [5.41, 5.74) is 1.59. The van der Waals surface area contributed by atoms with Crippen molar-refractivity contribution in [1.29, 1.82) is 0 Å². The van der Waals surface area contributed by atoms with Gasteiger partial charge in [0.25, 0.3) is 0 Å². The highest BCUT2D eigenvalue weighted by Crippen LogP contribution is 2.19. The van der Waals surface area contributed by atoms with Gasteiger partial charge in [0, 0.05) is 39.1 Å². The molecular formula is C20H36N4O. The second kappa shape index (κ2) is 11.9. The molecular weight excluding hydrogens is 312 g/mol. The van der Waals surface area contributed by atoms with Crippen LogP contribution in [0, 0.1) is 0 Å². The molecule has 142 valence electrons. The lowest BCUT2D eigenvalue weighted by Crippen LogP contribution is -2.38. The third-order valence-electron chi connectivity index (χ3n) is 5.00. The predicted molar refractivity (Wildman–Crippen MR) is 105 cm³/mol. The maximum atomic E-state index is 12.0. The van der Waals surface area contributed by atoms with Crippen molar-refractivity contribution in [2.75, 3.05) is 32.7 Å². The topological polar surface area (TPSA) is 56.7 Å². The molecule has 0 aromatic carbocycles. The van der Waals surface area contributed by atoms with Crippen LogP contribution in [0.2, 0.25) is 0 Å². The van der Waals surface area contributed by atoms with E-state index in [-0.39, 0.29) is 0 Å². The van der Waals surface area contributed by atoms with Crippen LogP contribution < -0.4 is 10.6 Å². The van der Waals surface area contributed by atoms with Gasteiger partial charge in [0.15, 0.2) is 5.96 Å². The number of carbonyl (C=O) groups excluding carboxylic acids is 1. The molecule has 1 saturated heterocycles. The van der Waals surface area contributed by atoms with E-state index in [0.717, 1.165) is 70.8 Å². The number of nitrogens with zero attached hydrogens (tertiary/aromatic N) is 2. The first kappa shape index (κ1) is 19.8. The molecule has 0 spiro atoms. The fraction of sp³-hybridized carbons (Fsp3) is 0.800. The second-order valence-corrected chi connectivity index (χ2v) is 7.09. The van der Waals surface area contributed by atoms with Gasteiger partial charge < -0.3 is 15.5 Å². The summed E-state index contributed by atoms with van der Waals surface area (Å²) in [4.78, 5) is 18.7. The maximum Gasteiger partial charge on any atom is 0.222 e. The van der Waals surface area contributed by atoms with Gasteiger partial charge in [-0.05, 0) is 58.3 Å². The summed E-state index contributed by atoms with van der Waals surface area (Å²) in [7, 11) is 0. The summed E-state index contributed by atoms with van der Waals surface area (Å²) in [5, 5.41) is 6.76. The smallest absolute Gasteiger partial charge is 0.222 e. The highest BCUT2D eigenvalue weighted by molar-refractivity contribution is 5.79. The zero-order valence-electron chi connectivity index (χ0n) is 16.0. The molecule has 0 bridgehead atoms. The van der Waals surface area contributed by atoms with E-state index in [1.165, 1.54) is 32.1 Å². The number of guanidine groups is 1. The van der Waals surface area contributed by atoms with Gasteiger partial charge in [-0.3, -0.25) is 9.79 Å². The molecule has 2 rings (SSSR count). The lowest BCUT2D eigenvalue weighted by atomic mass is 9.97. The van der Waals surface area contributed by atoms with E-state index in [2.05, 4.69) is 28.6 Å². The molecule has 0 saturated carbocycles. The summed E-state index contributed by atoms with van der Waals surface area (Å²) in [6.45, 7) is 6.45. The van der Waals surface area contributed by atoms with Crippen molar-refractivity contribution in [3.05, 3.63) is 11.6 Å². The second-order valence-electron chi connectivity index (χ2n) is 7.09. The van der Waals surface area contributed by atoms with Gasteiger partial charge in [0.1, 0.15) is 0 Å². The van der Waals surface area contributed by atoms with Gasteiger partial charge in [-0.25, -0.2) is 0 Å². The Morgan fingerprint density at radius 2 is 2.04 bits per heavy atom. The Hall–Kier alpha value is -1.52. The Morgan fingerprint density at radius 1 is 1.16 bits per heavy atom. The molecule has 1 amide bonds. The molecule has 25 heavy (non-hydrogen) atoms. The van der Waals surface area contributed by atoms with Gasteiger partial charge in [-0.15, -0.1) is 0 Å². The average Bonchev–Trinajstić information content (AvgIpc) is 2.84. The number of nitrogens with one attached hydrogen (secondary N) is 2. The van der Waals surface area contributed by atoms with E-state index in [1.54, 1.807) is 5.57 Å². The molecule has 2 aliphatic rings. The zero-order valence-corrected chi connectivity index (χ0v) is 16.0. The third-order valence-corrected chi connectivity index (χ3v) is 5.00. The molecule has 0 unspecified atom stereocenters. The van der Waals surface area contributed by atoms with Crippen LogP contribution in [-0.2, 0) is 4.79 Å². The molecule has 0 radical (unpaired) electrons. The minimum atomic E-state index is 0.326. The highest BCUT2D eigenvalue weighted by atomic mass is 16.2. The number of hydrogen-bond donors (Lipinski definition) is 2. The molecule has 0 aromatic heterocycles. The minimum absolute atomic E-state index is 0.326. The van der Waals surface area contributed by atoms with E-state index in [1.807, 2.05) is 4.90 Å². The Morgan fingerprint density at radius 3 is 2.84 bits per heavy atom. The molecule has 0 atom stereocenters. The molecule has 5 nitrogen and oxygen atoms in total. The molecule has 1 fully saturated rings. The average molecular weight is 349 g/mol. The number of aliphatic imine (C=N–C) groups is 1. The van der Waals surface area contributed by atoms with Gasteiger partial charge in [-0.2, -0.15) is 0 Å². The first-order chi connectivity index (χ1) is 12.3. The Bertz CT molecular complexity index is 459. The van der Waals surface area contributed by atoms with Gasteiger partial charge in [0.05, 0.1) is 0 Å². The van der Waals surface area contributed by atoms with Crippen LogP contribution in [0.3, 0.4) is 0 Å². The number of carbonyl (C=O) groups is 1. The van der Waals surface area contributed by atoms with Crippen molar-refractivity contribution in [1.82, 2.24) is 15.5 Å². The number of allylic oxidation sites excluding steroid dienone is 1. The monoisotopic (exact) mass is 348 g/mol. The summed E-state index contributed by atoms with van der Waals surface area (Å²) in [6, 6.07) is 0. The Kier molecular flexibility index (Phi) is 9.45. The van der Waals surface area contributed by atoms with Crippen LogP contribution in [0.25, 0.3) is 0 Å². The summed E-state index contributed by atoms with van der Waals surface area (Å²) < 4.78 is 0. The van der Waals surface area contributed by atoms with Crippen molar-refractivity contribution in [2.24, 2.45) is 4.99 Å². The van der Waals surface area contributed by atoms with Crippen molar-refractivity contribution < 1.29 is 4.79 Å². The fourth-order valence-electron chi connectivity index (χ4n) is 3.54. The normalized spacial score (nSPS) is 19.4. The van der Waals surface area contributed by atoms with Crippen LogP contribution in [0.15, 0.2) is 16.6 Å². The van der Waals surface area contributed by atoms with Crippen LogP contribution in [0.5, 0.6) is 0 Å². The molecule has 2 N–H and O–H groups in total. The van der Waals surface area contributed by atoms with Crippen LogP contribution >= 0.6 is 0 Å². The lowest BCUT2D eigenvalue weighted by Gasteiger charge is -2.20. The first-order valence-corrected chi connectivity index (χ1v) is 10.3. The van der Waals surface area contributed by atoms with Gasteiger partial charge in [-0.1, -0.05) is 18.1 Å². The van der Waals surface area contributed by atoms with Crippen LogP contribution in [0.4, 0.5) is 0 Å². The van der Waals surface area contributed by atoms with Crippen molar-refractivity contribution in [2.45, 2.75) is 71.1 Å². The molecule has 1 aliphatic heterocycles. The summed E-state index contributed by atoms with van der Waals surface area (Å²) in [5.74, 6) is 1.23. The first-order valence-electron chi connectivity index (χ1n) is 10.3. The molecule has 5 heteroatoms. The largest absolute Gasteiger partial charge is 0.357 e. The highest BCUT2D eigenvalue weighted by Gasteiger charge is 2.15. The van der Waals surface area contributed by atoms with Gasteiger partial charge in [0.2, 0.25) is 5.91 Å². The van der Waals surface area contributed by atoms with Crippen molar-refractivity contribution in [3.8, 4) is 0 Å². The van der Waals surface area contributed by atoms with Crippen LogP contribution in [-0.4, -0.2) is 49.5 Å². The minimum Gasteiger partial charge on any atom is -0.357 e. The number of amides is 1. The quantitative estimate of drug-likeness (QED) is 0.306. The zero-order chi connectivity index (χ0) is 17.7. The van der Waals surface area contributed by atoms with Crippen molar-refractivity contribution in [3.63, 3.8) is 0 Å². The Balaban J connectivity index is 1.67. The molecule has 1 heterocycles. The van der Waals surface area contributed by atoms with E-state index in [9.17, 15) is 4.79 Å². The van der Waals surface area contributed by atoms with E-state index in [4.69, 9.17) is 0 Å².